The van der Waals surface area contributed by atoms with Crippen LogP contribution in [0.25, 0.3) is 0 Å². The Labute approximate surface area is 197 Å². The molecule has 0 aliphatic carbocycles. The lowest BCUT2D eigenvalue weighted by molar-refractivity contribution is -0.132. The first-order valence-electron chi connectivity index (χ1n) is 10.4. The van der Waals surface area contributed by atoms with Crippen molar-refractivity contribution < 1.29 is 27.4 Å². The third-order valence-corrected chi connectivity index (χ3v) is 5.27. The Morgan fingerprint density at radius 3 is 2.10 bits per heavy atom. The zero-order chi connectivity index (χ0) is 23.3. The molecule has 1 atom stereocenters. The van der Waals surface area contributed by atoms with Crippen molar-refractivity contribution in [1.82, 2.24) is 0 Å². The second-order valence-electron chi connectivity index (χ2n) is 6.90. The molecule has 31 heavy (non-hydrogen) atoms. The van der Waals surface area contributed by atoms with Crippen molar-refractivity contribution >= 4 is 34.8 Å². The number of unbranched alkanes of at least 4 members (excludes halogenated alkanes) is 1. The zero-order valence-corrected chi connectivity index (χ0v) is 20.1. The summed E-state index contributed by atoms with van der Waals surface area (Å²) in [6.45, 7) is 5.68. The number of rotatable bonds is 15. The van der Waals surface area contributed by atoms with Crippen molar-refractivity contribution in [2.24, 2.45) is 0 Å². The van der Waals surface area contributed by atoms with Gasteiger partial charge in [0.15, 0.2) is 0 Å². The molecular weight excluding hydrogens is 476 g/mol. The normalized spacial score (nSPS) is 12.5. The summed E-state index contributed by atoms with van der Waals surface area (Å²) in [5.74, 6) is 1.62. The van der Waals surface area contributed by atoms with E-state index in [0.717, 1.165) is 48.3 Å². The molecular formula is C22H30Cl3F3O3. The van der Waals surface area contributed by atoms with Gasteiger partial charge in [-0.2, -0.15) is 13.2 Å². The smallest absolute Gasteiger partial charge is 0.404 e. The van der Waals surface area contributed by atoms with Crippen LogP contribution in [-0.4, -0.2) is 38.0 Å². The van der Waals surface area contributed by atoms with Crippen molar-refractivity contribution in [3.63, 3.8) is 0 Å². The average Bonchev–Trinajstić information content (AvgIpc) is 2.71. The molecule has 178 valence electrons. The lowest BCUT2D eigenvalue weighted by Gasteiger charge is -2.17. The SMILES string of the molecule is CCc1cc(OCC=C(Cl)Cl)cc(CC)c1OCCCCOCCCC(Cl)C(F)(F)F. The second-order valence-corrected chi connectivity index (χ2v) is 8.44. The topological polar surface area (TPSA) is 27.7 Å². The molecule has 0 fully saturated rings. The van der Waals surface area contributed by atoms with Crippen molar-refractivity contribution in [1.29, 1.82) is 0 Å². The van der Waals surface area contributed by atoms with Crippen LogP contribution in [0.1, 0.15) is 50.7 Å². The predicted octanol–water partition coefficient (Wildman–Crippen LogP) is 7.63. The Bertz CT molecular complexity index is 653. The Kier molecular flexibility index (Phi) is 13.7. The van der Waals surface area contributed by atoms with Gasteiger partial charge in [0.25, 0.3) is 0 Å². The Morgan fingerprint density at radius 2 is 1.55 bits per heavy atom. The first-order chi connectivity index (χ1) is 14.7. The summed E-state index contributed by atoms with van der Waals surface area (Å²) in [7, 11) is 0. The summed E-state index contributed by atoms with van der Waals surface area (Å²) < 4.78 is 54.2. The summed E-state index contributed by atoms with van der Waals surface area (Å²) in [5, 5.41) is -1.81. The minimum Gasteiger partial charge on any atom is -0.493 e. The van der Waals surface area contributed by atoms with Crippen LogP contribution in [0.5, 0.6) is 11.5 Å². The van der Waals surface area contributed by atoms with E-state index in [2.05, 4.69) is 13.8 Å². The van der Waals surface area contributed by atoms with Crippen molar-refractivity contribution in [2.75, 3.05) is 26.4 Å². The molecule has 3 nitrogen and oxygen atoms in total. The van der Waals surface area contributed by atoms with E-state index in [1.165, 1.54) is 0 Å². The molecule has 9 heteroatoms. The van der Waals surface area contributed by atoms with Crippen LogP contribution >= 0.6 is 34.8 Å². The molecule has 0 amide bonds. The number of alkyl halides is 4. The molecule has 0 radical (unpaired) electrons. The summed E-state index contributed by atoms with van der Waals surface area (Å²) in [5.41, 5.74) is 2.12. The van der Waals surface area contributed by atoms with Gasteiger partial charge in [0.05, 0.1) is 6.61 Å². The predicted molar refractivity (Wildman–Crippen MR) is 121 cm³/mol. The Hall–Kier alpha value is -0.820. The van der Waals surface area contributed by atoms with E-state index in [4.69, 9.17) is 49.0 Å². The van der Waals surface area contributed by atoms with Gasteiger partial charge < -0.3 is 14.2 Å². The fourth-order valence-electron chi connectivity index (χ4n) is 2.83. The number of aryl methyl sites for hydroxylation is 2. The van der Waals surface area contributed by atoms with Crippen LogP contribution in [0.4, 0.5) is 13.2 Å². The summed E-state index contributed by atoms with van der Waals surface area (Å²) in [6, 6.07) is 3.91. The van der Waals surface area contributed by atoms with Crippen LogP contribution in [0.15, 0.2) is 22.7 Å². The number of ether oxygens (including phenoxy) is 3. The fourth-order valence-corrected chi connectivity index (χ4v) is 3.11. The van der Waals surface area contributed by atoms with Crippen LogP contribution < -0.4 is 9.47 Å². The molecule has 0 bridgehead atoms. The monoisotopic (exact) mass is 504 g/mol. The molecule has 1 unspecified atom stereocenters. The largest absolute Gasteiger partial charge is 0.493 e. The molecule has 0 saturated carbocycles. The number of hydrogen-bond donors (Lipinski definition) is 0. The molecule has 1 aromatic carbocycles. The van der Waals surface area contributed by atoms with E-state index in [0.29, 0.717) is 13.2 Å². The van der Waals surface area contributed by atoms with Crippen LogP contribution in [0.3, 0.4) is 0 Å². The van der Waals surface area contributed by atoms with E-state index in [1.54, 1.807) is 6.08 Å². The summed E-state index contributed by atoms with van der Waals surface area (Å²) in [6.07, 6.45) is 0.518. The van der Waals surface area contributed by atoms with E-state index < -0.39 is 11.6 Å². The highest BCUT2D eigenvalue weighted by Crippen LogP contribution is 2.31. The Balaban J connectivity index is 2.38. The highest BCUT2D eigenvalue weighted by molar-refractivity contribution is 6.55. The molecule has 0 aliphatic rings. The second kappa shape index (κ2) is 15.1. The molecule has 0 spiro atoms. The maximum atomic E-state index is 12.3. The van der Waals surface area contributed by atoms with Gasteiger partial charge in [-0.1, -0.05) is 37.0 Å². The third-order valence-electron chi connectivity index (χ3n) is 4.50. The van der Waals surface area contributed by atoms with Crippen LogP contribution in [-0.2, 0) is 17.6 Å². The highest BCUT2D eigenvalue weighted by atomic mass is 35.5. The van der Waals surface area contributed by atoms with Crippen LogP contribution in [0.2, 0.25) is 0 Å². The number of benzene rings is 1. The van der Waals surface area contributed by atoms with Gasteiger partial charge in [-0.15, -0.1) is 11.6 Å². The molecule has 0 aromatic heterocycles. The van der Waals surface area contributed by atoms with Crippen molar-refractivity contribution in [3.8, 4) is 11.5 Å². The van der Waals surface area contributed by atoms with Crippen molar-refractivity contribution in [3.05, 3.63) is 33.8 Å². The minimum absolute atomic E-state index is 0.136. The average molecular weight is 506 g/mol. The van der Waals surface area contributed by atoms with Gasteiger partial charge in [0.2, 0.25) is 0 Å². The molecule has 0 N–H and O–H groups in total. The third kappa shape index (κ3) is 11.6. The van der Waals surface area contributed by atoms with E-state index in [9.17, 15) is 13.2 Å². The Morgan fingerprint density at radius 1 is 0.968 bits per heavy atom. The van der Waals surface area contributed by atoms with Gasteiger partial charge in [-0.25, -0.2) is 0 Å². The molecule has 0 heterocycles. The number of hydrogen-bond acceptors (Lipinski definition) is 3. The van der Waals surface area contributed by atoms with E-state index in [1.807, 2.05) is 12.1 Å². The van der Waals surface area contributed by atoms with Crippen molar-refractivity contribution in [2.45, 2.75) is 63.9 Å². The van der Waals surface area contributed by atoms with E-state index >= 15 is 0 Å². The number of halogens is 6. The van der Waals surface area contributed by atoms with Gasteiger partial charge in [-0.3, -0.25) is 0 Å². The zero-order valence-electron chi connectivity index (χ0n) is 17.9. The maximum absolute atomic E-state index is 12.3. The standard InChI is InChI=1S/C22H30Cl3F3O3/c1-3-16-14-18(30-13-9-20(24)25)15-17(4-2)21(16)31-12-6-5-10-29-11-7-8-19(23)22(26,27)28/h9,14-15,19H,3-8,10-13H2,1-2H3. The lowest BCUT2D eigenvalue weighted by atomic mass is 10.0. The maximum Gasteiger partial charge on any atom is 0.404 e. The van der Waals surface area contributed by atoms with Gasteiger partial charge >= 0.3 is 6.18 Å². The van der Waals surface area contributed by atoms with E-state index in [-0.39, 0.29) is 30.5 Å². The lowest BCUT2D eigenvalue weighted by Crippen LogP contribution is -2.23. The fraction of sp³-hybridized carbons (Fsp3) is 0.636. The first kappa shape index (κ1) is 28.2. The molecule has 1 rings (SSSR count). The summed E-state index contributed by atoms with van der Waals surface area (Å²) in [4.78, 5) is 0. The first-order valence-corrected chi connectivity index (χ1v) is 11.6. The highest BCUT2D eigenvalue weighted by Gasteiger charge is 2.37. The molecule has 1 aromatic rings. The van der Waals surface area contributed by atoms with Gasteiger partial charge in [0, 0.05) is 13.2 Å². The quantitative estimate of drug-likeness (QED) is 0.181. The van der Waals surface area contributed by atoms with Gasteiger partial charge in [0.1, 0.15) is 28.0 Å². The molecule has 0 saturated heterocycles. The molecule has 0 aliphatic heterocycles. The minimum atomic E-state index is -4.35. The van der Waals surface area contributed by atoms with Crippen LogP contribution in [0, 0.1) is 0 Å². The van der Waals surface area contributed by atoms with Gasteiger partial charge in [-0.05, 0) is 67.9 Å². The summed E-state index contributed by atoms with van der Waals surface area (Å²) >= 11 is 16.5.